The number of fused-ring (bicyclic) bond motifs is 1. The van der Waals surface area contributed by atoms with Gasteiger partial charge in [0.1, 0.15) is 6.04 Å². The van der Waals surface area contributed by atoms with E-state index >= 15 is 0 Å². The molecule has 0 aliphatic carbocycles. The molecule has 2 N–H and O–H groups in total. The smallest absolute Gasteiger partial charge is 0.337 e. The van der Waals surface area contributed by atoms with Crippen LogP contribution in [0.5, 0.6) is 0 Å². The van der Waals surface area contributed by atoms with Crippen LogP contribution in [-0.4, -0.2) is 40.7 Å². The number of nitrogens with one attached hydrogen (secondary N) is 2. The number of hydrogen-bond donors (Lipinski definition) is 2. The molecule has 2 aromatic carbocycles. The summed E-state index contributed by atoms with van der Waals surface area (Å²) in [4.78, 5) is 50.1. The Hall–Kier alpha value is -3.90. The average molecular weight is 513 g/mol. The monoisotopic (exact) mass is 513 g/mol. The number of benzene rings is 2. The van der Waals surface area contributed by atoms with Gasteiger partial charge in [-0.25, -0.2) is 0 Å². The molecule has 4 rings (SSSR count). The summed E-state index contributed by atoms with van der Waals surface area (Å²) in [7, 11) is 0. The minimum Gasteiger partial charge on any atom is -0.337 e. The molecule has 0 saturated carbocycles. The highest BCUT2D eigenvalue weighted by Crippen LogP contribution is 2.37. The van der Waals surface area contributed by atoms with E-state index in [9.17, 15) is 45.5 Å². The number of carbonyl (C=O) groups excluding carboxylic acids is 4. The molecule has 2 heterocycles. The first kappa shape index (κ1) is 25.2. The first-order chi connectivity index (χ1) is 16.8. The minimum absolute atomic E-state index is 0.0263. The third kappa shape index (κ3) is 4.90. The molecule has 1 saturated heterocycles. The van der Waals surface area contributed by atoms with E-state index in [-0.39, 0.29) is 36.1 Å². The zero-order valence-electron chi connectivity index (χ0n) is 18.2. The Morgan fingerprint density at radius 1 is 1.03 bits per heavy atom. The number of imide groups is 1. The number of hydrogen-bond acceptors (Lipinski definition) is 4. The maximum absolute atomic E-state index is 13.7. The molecule has 0 bridgehead atoms. The van der Waals surface area contributed by atoms with Crippen molar-refractivity contribution in [3.05, 3.63) is 70.3 Å². The average Bonchev–Trinajstić information content (AvgIpc) is 3.11. The third-order valence-corrected chi connectivity index (χ3v) is 5.94. The molecule has 1 unspecified atom stereocenters. The number of nitrogens with zero attached hydrogens (tertiary/aromatic N) is 1. The molecule has 2 aromatic rings. The van der Waals surface area contributed by atoms with Gasteiger partial charge in [0.2, 0.25) is 11.8 Å². The van der Waals surface area contributed by atoms with E-state index in [2.05, 4.69) is 5.32 Å². The topological polar surface area (TPSA) is 95.6 Å². The second-order valence-electron chi connectivity index (χ2n) is 8.34. The zero-order valence-corrected chi connectivity index (χ0v) is 18.2. The number of piperidine rings is 1. The summed E-state index contributed by atoms with van der Waals surface area (Å²) in [6, 6.07) is 2.46. The van der Waals surface area contributed by atoms with Gasteiger partial charge in [-0.2, -0.15) is 26.3 Å². The summed E-state index contributed by atoms with van der Waals surface area (Å²) in [6.07, 6.45) is -9.85. The van der Waals surface area contributed by atoms with Crippen LogP contribution >= 0.6 is 0 Å². The van der Waals surface area contributed by atoms with Crippen LogP contribution in [-0.2, 0) is 22.3 Å². The zero-order chi connectivity index (χ0) is 26.4. The molecule has 1 fully saturated rings. The molecule has 2 aliphatic rings. The van der Waals surface area contributed by atoms with Crippen molar-refractivity contribution in [1.82, 2.24) is 15.5 Å². The maximum Gasteiger partial charge on any atom is 0.416 e. The predicted octanol–water partition coefficient (Wildman–Crippen LogP) is 3.50. The summed E-state index contributed by atoms with van der Waals surface area (Å²) < 4.78 is 80.0. The quantitative estimate of drug-likeness (QED) is 0.484. The van der Waals surface area contributed by atoms with Gasteiger partial charge < -0.3 is 10.2 Å². The van der Waals surface area contributed by atoms with E-state index in [0.717, 1.165) is 18.2 Å². The van der Waals surface area contributed by atoms with Gasteiger partial charge in [0.25, 0.3) is 11.8 Å². The number of alkyl halides is 6. The van der Waals surface area contributed by atoms with Crippen LogP contribution in [0.4, 0.5) is 26.3 Å². The Morgan fingerprint density at radius 2 is 1.75 bits per heavy atom. The van der Waals surface area contributed by atoms with Crippen LogP contribution in [0.2, 0.25) is 0 Å². The first-order valence-electron chi connectivity index (χ1n) is 10.6. The predicted molar refractivity (Wildman–Crippen MR) is 110 cm³/mol. The molecule has 36 heavy (non-hydrogen) atoms. The highest BCUT2D eigenvalue weighted by atomic mass is 19.4. The van der Waals surface area contributed by atoms with Gasteiger partial charge in [0.05, 0.1) is 5.56 Å². The van der Waals surface area contributed by atoms with E-state index in [1.165, 1.54) is 17.0 Å². The highest BCUT2D eigenvalue weighted by molar-refractivity contribution is 6.06. The Bertz CT molecular complexity index is 1260. The number of amides is 4. The molecule has 0 spiro atoms. The lowest BCUT2D eigenvalue weighted by atomic mass is 10.0. The first-order valence-corrected chi connectivity index (χ1v) is 10.6. The molecule has 4 amide bonds. The molecule has 2 aliphatic heterocycles. The molecule has 0 radical (unpaired) electrons. The fourth-order valence-corrected chi connectivity index (χ4v) is 4.18. The summed E-state index contributed by atoms with van der Waals surface area (Å²) >= 11 is 0. The SMILES string of the molecule is O=C1CCC(N2Cc3cc(C(=O)N[C@H](c4cccc(C(F)(F)F)c4)C(F)(F)F)ccc3C2=O)C(=O)N1. The fourth-order valence-electron chi connectivity index (χ4n) is 4.18. The van der Waals surface area contributed by atoms with Gasteiger partial charge in [0.15, 0.2) is 6.04 Å². The molecule has 2 atom stereocenters. The van der Waals surface area contributed by atoms with Crippen LogP contribution in [0, 0.1) is 0 Å². The molecule has 13 heteroatoms. The standard InChI is InChI=1S/C23H17F6N3O4/c24-22(25,26)14-3-1-2-11(9-14)18(23(27,28)29)31-19(34)12-4-5-15-13(8-12)10-32(21(15)36)16-6-7-17(33)30-20(16)35/h1-5,8-9,16,18H,6-7,10H2,(H,31,34)(H,30,33,35)/t16?,18-/m1/s1. The lowest BCUT2D eigenvalue weighted by Gasteiger charge is -2.29. The summed E-state index contributed by atoms with van der Waals surface area (Å²) in [5, 5.41) is 3.86. The molecular weight excluding hydrogens is 496 g/mol. The number of carbonyl (C=O) groups is 4. The van der Waals surface area contributed by atoms with E-state index in [1.807, 2.05) is 0 Å². The Kier molecular flexibility index (Phi) is 6.27. The van der Waals surface area contributed by atoms with Gasteiger partial charge in [-0.05, 0) is 47.9 Å². The summed E-state index contributed by atoms with van der Waals surface area (Å²) in [6.45, 7) is -0.113. The lowest BCUT2D eigenvalue weighted by Crippen LogP contribution is -2.52. The van der Waals surface area contributed by atoms with Crippen LogP contribution in [0.3, 0.4) is 0 Å². The molecule has 0 aromatic heterocycles. The van der Waals surface area contributed by atoms with E-state index in [1.54, 1.807) is 5.32 Å². The van der Waals surface area contributed by atoms with Crippen LogP contribution in [0.1, 0.15) is 56.3 Å². The van der Waals surface area contributed by atoms with Gasteiger partial charge in [-0.1, -0.05) is 12.1 Å². The van der Waals surface area contributed by atoms with E-state index < -0.39 is 59.2 Å². The second kappa shape index (κ2) is 8.95. The summed E-state index contributed by atoms with van der Waals surface area (Å²) in [5.41, 5.74) is -1.94. The van der Waals surface area contributed by atoms with Gasteiger partial charge in [-0.15, -0.1) is 0 Å². The normalized spacial score (nSPS) is 19.1. The van der Waals surface area contributed by atoms with E-state index in [4.69, 9.17) is 0 Å². The Labute approximate surface area is 199 Å². The lowest BCUT2D eigenvalue weighted by molar-refractivity contribution is -0.156. The van der Waals surface area contributed by atoms with Crippen LogP contribution in [0.15, 0.2) is 42.5 Å². The number of halogens is 6. The van der Waals surface area contributed by atoms with Crippen molar-refractivity contribution >= 4 is 23.6 Å². The van der Waals surface area contributed by atoms with Crippen molar-refractivity contribution in [3.8, 4) is 0 Å². The molecule has 190 valence electrons. The van der Waals surface area contributed by atoms with Gasteiger partial charge in [-0.3, -0.25) is 24.5 Å². The van der Waals surface area contributed by atoms with Crippen molar-refractivity contribution in [2.45, 2.75) is 43.8 Å². The number of rotatable bonds is 4. The highest BCUT2D eigenvalue weighted by Gasteiger charge is 2.44. The molecular formula is C23H17F6N3O4. The van der Waals surface area contributed by atoms with Gasteiger partial charge in [0, 0.05) is 24.1 Å². The summed E-state index contributed by atoms with van der Waals surface area (Å²) in [5.74, 6) is -2.88. The second-order valence-corrected chi connectivity index (χ2v) is 8.34. The maximum atomic E-state index is 13.7. The molecule has 7 nitrogen and oxygen atoms in total. The van der Waals surface area contributed by atoms with Crippen molar-refractivity contribution in [3.63, 3.8) is 0 Å². The Balaban J connectivity index is 1.56. The van der Waals surface area contributed by atoms with Crippen LogP contribution in [0.25, 0.3) is 0 Å². The van der Waals surface area contributed by atoms with Gasteiger partial charge >= 0.3 is 12.4 Å². The third-order valence-electron chi connectivity index (χ3n) is 5.94. The van der Waals surface area contributed by atoms with Crippen molar-refractivity contribution < 1.29 is 45.5 Å². The fraction of sp³-hybridized carbons (Fsp3) is 0.304. The van der Waals surface area contributed by atoms with Crippen molar-refractivity contribution in [2.24, 2.45) is 0 Å². The largest absolute Gasteiger partial charge is 0.416 e. The minimum atomic E-state index is -5.10. The van der Waals surface area contributed by atoms with Crippen molar-refractivity contribution in [1.29, 1.82) is 0 Å². The van der Waals surface area contributed by atoms with Crippen LogP contribution < -0.4 is 10.6 Å². The van der Waals surface area contributed by atoms with Crippen molar-refractivity contribution in [2.75, 3.05) is 0 Å². The Morgan fingerprint density at radius 3 is 2.39 bits per heavy atom. The van der Waals surface area contributed by atoms with E-state index in [0.29, 0.717) is 12.1 Å².